The van der Waals surface area contributed by atoms with E-state index in [-0.39, 0.29) is 11.9 Å². The predicted octanol–water partition coefficient (Wildman–Crippen LogP) is 4.97. The van der Waals surface area contributed by atoms with Gasteiger partial charge in [-0.05, 0) is 61.3 Å². The molecule has 0 saturated carbocycles. The Bertz CT molecular complexity index is 974. The third-order valence-corrected chi connectivity index (χ3v) is 5.40. The lowest BCUT2D eigenvalue weighted by atomic mass is 10.0. The van der Waals surface area contributed by atoms with E-state index in [1.54, 1.807) is 6.92 Å². The number of fused-ring (bicyclic) bond motifs is 2. The van der Waals surface area contributed by atoms with Crippen LogP contribution in [0, 0.1) is 0 Å². The minimum absolute atomic E-state index is 0.0398. The van der Waals surface area contributed by atoms with Crippen molar-refractivity contribution < 1.29 is 9.53 Å². The Morgan fingerprint density at radius 1 is 0.963 bits per heavy atom. The molecule has 3 heteroatoms. The standard InChI is InChI=1S/C24H25NO2/c1-16(20-14-13-18-8-5-10-21(18)15-20)25-24(26)17(2)27-23-12-6-9-19-7-3-4-11-22(19)23/h3-4,6-7,9,11-17H,5,8,10H2,1-2H3,(H,25,26)/t16-,17-/m1/s1. The Labute approximate surface area is 160 Å². The summed E-state index contributed by atoms with van der Waals surface area (Å²) in [6.07, 6.45) is 2.99. The van der Waals surface area contributed by atoms with Crippen LogP contribution in [0.5, 0.6) is 5.75 Å². The minimum atomic E-state index is -0.562. The zero-order valence-electron chi connectivity index (χ0n) is 15.9. The van der Waals surface area contributed by atoms with Gasteiger partial charge in [-0.25, -0.2) is 0 Å². The largest absolute Gasteiger partial charge is 0.480 e. The maximum Gasteiger partial charge on any atom is 0.261 e. The lowest BCUT2D eigenvalue weighted by molar-refractivity contribution is -0.127. The summed E-state index contributed by atoms with van der Waals surface area (Å²) in [4.78, 5) is 12.7. The molecule has 3 aromatic carbocycles. The highest BCUT2D eigenvalue weighted by atomic mass is 16.5. The first kappa shape index (κ1) is 17.6. The molecule has 27 heavy (non-hydrogen) atoms. The van der Waals surface area contributed by atoms with Crippen molar-refractivity contribution in [1.29, 1.82) is 0 Å². The van der Waals surface area contributed by atoms with Crippen molar-refractivity contribution in [2.24, 2.45) is 0 Å². The molecule has 1 aliphatic rings. The van der Waals surface area contributed by atoms with Crippen LogP contribution >= 0.6 is 0 Å². The fourth-order valence-corrected chi connectivity index (χ4v) is 3.82. The Kier molecular flexibility index (Phi) is 4.85. The maximum atomic E-state index is 12.7. The van der Waals surface area contributed by atoms with Gasteiger partial charge in [0, 0.05) is 5.39 Å². The Balaban J connectivity index is 1.44. The average Bonchev–Trinajstić information content (AvgIpc) is 3.16. The average molecular weight is 359 g/mol. The lowest BCUT2D eigenvalue weighted by Crippen LogP contribution is -2.37. The van der Waals surface area contributed by atoms with E-state index in [2.05, 4.69) is 23.5 Å². The fourth-order valence-electron chi connectivity index (χ4n) is 3.82. The van der Waals surface area contributed by atoms with Crippen molar-refractivity contribution >= 4 is 16.7 Å². The summed E-state index contributed by atoms with van der Waals surface area (Å²) in [5.41, 5.74) is 4.03. The Morgan fingerprint density at radius 2 is 1.74 bits per heavy atom. The van der Waals surface area contributed by atoms with E-state index < -0.39 is 6.10 Å². The first-order valence-corrected chi connectivity index (χ1v) is 9.68. The first-order chi connectivity index (χ1) is 13.1. The maximum absolute atomic E-state index is 12.7. The SMILES string of the molecule is C[C@@H](Oc1cccc2ccccc12)C(=O)N[C@H](C)c1ccc2c(c1)CCC2. The number of carbonyl (C=O) groups excluding carboxylic acids is 1. The van der Waals surface area contributed by atoms with E-state index in [0.29, 0.717) is 0 Å². The number of carbonyl (C=O) groups is 1. The van der Waals surface area contributed by atoms with Crippen LogP contribution < -0.4 is 10.1 Å². The monoisotopic (exact) mass is 359 g/mol. The molecule has 0 aromatic heterocycles. The summed E-state index contributed by atoms with van der Waals surface area (Å²) in [5.74, 6) is 0.636. The van der Waals surface area contributed by atoms with Crippen LogP contribution in [0.4, 0.5) is 0 Å². The molecule has 0 saturated heterocycles. The van der Waals surface area contributed by atoms with Gasteiger partial charge in [0.05, 0.1) is 6.04 Å². The van der Waals surface area contributed by atoms with Crippen LogP contribution in [0.3, 0.4) is 0 Å². The first-order valence-electron chi connectivity index (χ1n) is 9.68. The minimum Gasteiger partial charge on any atom is -0.480 e. The number of hydrogen-bond acceptors (Lipinski definition) is 2. The molecule has 0 aliphatic heterocycles. The highest BCUT2D eigenvalue weighted by Crippen LogP contribution is 2.27. The van der Waals surface area contributed by atoms with Gasteiger partial charge in [0.1, 0.15) is 5.75 Å². The number of hydrogen-bond donors (Lipinski definition) is 1. The molecule has 0 radical (unpaired) electrons. The zero-order valence-corrected chi connectivity index (χ0v) is 15.9. The molecule has 1 N–H and O–H groups in total. The molecule has 138 valence electrons. The van der Waals surface area contributed by atoms with Gasteiger partial charge in [-0.2, -0.15) is 0 Å². The van der Waals surface area contributed by atoms with Gasteiger partial charge in [0.25, 0.3) is 5.91 Å². The molecule has 1 amide bonds. The van der Waals surface area contributed by atoms with Gasteiger partial charge in [-0.15, -0.1) is 0 Å². The normalized spacial score (nSPS) is 15.2. The molecule has 0 unspecified atom stereocenters. The Hall–Kier alpha value is -2.81. The molecule has 3 nitrogen and oxygen atoms in total. The fraction of sp³-hybridized carbons (Fsp3) is 0.292. The summed E-state index contributed by atoms with van der Waals surface area (Å²) in [6, 6.07) is 20.5. The number of nitrogens with one attached hydrogen (secondary N) is 1. The second kappa shape index (κ2) is 7.43. The van der Waals surface area contributed by atoms with Crippen LogP contribution in [-0.4, -0.2) is 12.0 Å². The summed E-state index contributed by atoms with van der Waals surface area (Å²) >= 11 is 0. The second-order valence-electron chi connectivity index (χ2n) is 7.35. The predicted molar refractivity (Wildman–Crippen MR) is 109 cm³/mol. The molecular formula is C24H25NO2. The van der Waals surface area contributed by atoms with E-state index in [0.717, 1.165) is 28.5 Å². The van der Waals surface area contributed by atoms with E-state index in [9.17, 15) is 4.79 Å². The van der Waals surface area contributed by atoms with Crippen LogP contribution in [0.25, 0.3) is 10.8 Å². The molecule has 0 heterocycles. The van der Waals surface area contributed by atoms with Crippen molar-refractivity contribution in [3.63, 3.8) is 0 Å². The number of ether oxygens (including phenoxy) is 1. The molecule has 0 fully saturated rings. The quantitative estimate of drug-likeness (QED) is 0.698. The smallest absolute Gasteiger partial charge is 0.261 e. The van der Waals surface area contributed by atoms with E-state index >= 15 is 0 Å². The lowest BCUT2D eigenvalue weighted by Gasteiger charge is -2.20. The number of rotatable bonds is 5. The third-order valence-electron chi connectivity index (χ3n) is 5.40. The molecule has 2 atom stereocenters. The molecule has 4 rings (SSSR count). The van der Waals surface area contributed by atoms with Crippen LogP contribution in [0.2, 0.25) is 0 Å². The van der Waals surface area contributed by atoms with Gasteiger partial charge in [-0.1, -0.05) is 54.6 Å². The highest BCUT2D eigenvalue weighted by molar-refractivity contribution is 5.89. The van der Waals surface area contributed by atoms with E-state index in [4.69, 9.17) is 4.74 Å². The van der Waals surface area contributed by atoms with E-state index in [1.807, 2.05) is 49.4 Å². The number of benzene rings is 3. The molecule has 1 aliphatic carbocycles. The Morgan fingerprint density at radius 3 is 2.63 bits per heavy atom. The third kappa shape index (κ3) is 3.68. The molecule has 0 bridgehead atoms. The van der Waals surface area contributed by atoms with E-state index in [1.165, 1.54) is 24.0 Å². The van der Waals surface area contributed by atoms with Crippen molar-refractivity contribution in [2.45, 2.75) is 45.3 Å². The summed E-state index contributed by atoms with van der Waals surface area (Å²) < 4.78 is 5.99. The number of amides is 1. The molecule has 0 spiro atoms. The van der Waals surface area contributed by atoms with Crippen LogP contribution in [0.15, 0.2) is 60.7 Å². The summed E-state index contributed by atoms with van der Waals surface area (Å²) in [7, 11) is 0. The van der Waals surface area contributed by atoms with Crippen molar-refractivity contribution in [1.82, 2.24) is 5.32 Å². The van der Waals surface area contributed by atoms with Crippen molar-refractivity contribution in [3.05, 3.63) is 77.4 Å². The summed E-state index contributed by atoms with van der Waals surface area (Å²) in [5, 5.41) is 5.22. The molecular weight excluding hydrogens is 334 g/mol. The summed E-state index contributed by atoms with van der Waals surface area (Å²) in [6.45, 7) is 3.83. The van der Waals surface area contributed by atoms with Gasteiger partial charge in [-0.3, -0.25) is 4.79 Å². The topological polar surface area (TPSA) is 38.3 Å². The van der Waals surface area contributed by atoms with Gasteiger partial charge in [0.2, 0.25) is 0 Å². The highest BCUT2D eigenvalue weighted by Gasteiger charge is 2.20. The van der Waals surface area contributed by atoms with Gasteiger partial charge < -0.3 is 10.1 Å². The molecule has 3 aromatic rings. The van der Waals surface area contributed by atoms with Crippen molar-refractivity contribution in [3.8, 4) is 5.75 Å². The number of aryl methyl sites for hydroxylation is 2. The zero-order chi connectivity index (χ0) is 18.8. The van der Waals surface area contributed by atoms with Crippen LogP contribution in [0.1, 0.15) is 43.0 Å². The van der Waals surface area contributed by atoms with Crippen LogP contribution in [-0.2, 0) is 17.6 Å². The van der Waals surface area contributed by atoms with Crippen molar-refractivity contribution in [2.75, 3.05) is 0 Å². The second-order valence-corrected chi connectivity index (χ2v) is 7.35. The van der Waals surface area contributed by atoms with Gasteiger partial charge >= 0.3 is 0 Å². The van der Waals surface area contributed by atoms with Gasteiger partial charge in [0.15, 0.2) is 6.10 Å².